The lowest BCUT2D eigenvalue weighted by Gasteiger charge is -2.17. The van der Waals surface area contributed by atoms with Gasteiger partial charge in [-0.2, -0.15) is 4.72 Å². The van der Waals surface area contributed by atoms with E-state index in [1.165, 1.54) is 41.6 Å². The standard InChI is InChI=1S/C22H21ClN4O5S3/c1-24-35(31,32)19-5-3-2-4-17(19)15-6-9-21(25-14-15)27-12-10-18(22(27)28)26-34(29,30)13-11-16-7-8-20(23)33-16/h2-9,11,13-14,18,24,26H,10,12H2,1H3/b13-11+/t18-/m0/s1. The second-order valence-corrected chi connectivity index (χ2v) is 12.7. The van der Waals surface area contributed by atoms with Crippen LogP contribution in [0.3, 0.4) is 0 Å². The minimum absolute atomic E-state index is 0.113. The molecule has 1 saturated heterocycles. The number of hydrogen-bond acceptors (Lipinski definition) is 7. The van der Waals surface area contributed by atoms with E-state index in [4.69, 9.17) is 11.6 Å². The molecule has 1 aliphatic rings. The summed E-state index contributed by atoms with van der Waals surface area (Å²) in [7, 11) is -6.19. The molecule has 3 aromatic rings. The fourth-order valence-corrected chi connectivity index (χ4v) is 6.61. The van der Waals surface area contributed by atoms with Crippen molar-refractivity contribution in [2.75, 3.05) is 18.5 Å². The quantitative estimate of drug-likeness (QED) is 0.442. The van der Waals surface area contributed by atoms with Crippen LogP contribution in [0.1, 0.15) is 11.3 Å². The Morgan fingerprint density at radius 3 is 2.54 bits per heavy atom. The molecule has 184 valence electrons. The van der Waals surface area contributed by atoms with E-state index < -0.39 is 32.0 Å². The SMILES string of the molecule is CNS(=O)(=O)c1ccccc1-c1ccc(N2CC[C@H](NS(=O)(=O)/C=C/c3ccc(Cl)s3)C2=O)nc1. The number of pyridine rings is 1. The first-order valence-corrected chi connectivity index (χ1v) is 14.6. The second-order valence-electron chi connectivity index (χ2n) is 7.55. The van der Waals surface area contributed by atoms with Crippen LogP contribution in [0.5, 0.6) is 0 Å². The summed E-state index contributed by atoms with van der Waals surface area (Å²) in [5.74, 6) is -0.0715. The van der Waals surface area contributed by atoms with Gasteiger partial charge in [-0.05, 0) is 49.9 Å². The van der Waals surface area contributed by atoms with Crippen LogP contribution in [-0.2, 0) is 24.8 Å². The number of amides is 1. The average molecular weight is 553 g/mol. The number of sulfonamides is 2. The van der Waals surface area contributed by atoms with Gasteiger partial charge in [-0.3, -0.25) is 9.69 Å². The van der Waals surface area contributed by atoms with Crippen LogP contribution in [-0.4, -0.2) is 47.4 Å². The minimum atomic E-state index is -3.85. The highest BCUT2D eigenvalue weighted by molar-refractivity contribution is 7.92. The zero-order valence-corrected chi connectivity index (χ0v) is 21.6. The molecule has 1 fully saturated rings. The summed E-state index contributed by atoms with van der Waals surface area (Å²) < 4.78 is 54.8. The normalized spacial score (nSPS) is 16.9. The molecule has 4 rings (SSSR count). The number of rotatable bonds is 8. The van der Waals surface area contributed by atoms with Gasteiger partial charge in [-0.1, -0.05) is 29.8 Å². The van der Waals surface area contributed by atoms with Crippen LogP contribution in [0, 0.1) is 0 Å². The first kappa shape index (κ1) is 25.5. The van der Waals surface area contributed by atoms with E-state index in [2.05, 4.69) is 14.4 Å². The Bertz CT molecular complexity index is 1490. The summed E-state index contributed by atoms with van der Waals surface area (Å²) >= 11 is 7.09. The first-order chi connectivity index (χ1) is 16.6. The zero-order valence-electron chi connectivity index (χ0n) is 18.4. The van der Waals surface area contributed by atoms with E-state index >= 15 is 0 Å². The number of halogens is 1. The van der Waals surface area contributed by atoms with E-state index in [0.717, 1.165) is 5.41 Å². The topological polar surface area (TPSA) is 126 Å². The highest BCUT2D eigenvalue weighted by Gasteiger charge is 2.35. The van der Waals surface area contributed by atoms with Crippen molar-refractivity contribution in [3.63, 3.8) is 0 Å². The molecule has 0 bridgehead atoms. The number of benzene rings is 1. The van der Waals surface area contributed by atoms with Gasteiger partial charge in [0.05, 0.1) is 9.23 Å². The summed E-state index contributed by atoms with van der Waals surface area (Å²) in [6, 6.07) is 12.2. The highest BCUT2D eigenvalue weighted by Crippen LogP contribution is 2.29. The first-order valence-electron chi connectivity index (χ1n) is 10.4. The molecule has 0 unspecified atom stereocenters. The Hall–Kier alpha value is -2.61. The van der Waals surface area contributed by atoms with Gasteiger partial charge in [0.15, 0.2) is 0 Å². The highest BCUT2D eigenvalue weighted by atomic mass is 35.5. The van der Waals surface area contributed by atoms with E-state index in [-0.39, 0.29) is 17.9 Å². The van der Waals surface area contributed by atoms with Crippen molar-refractivity contribution in [3.05, 3.63) is 69.3 Å². The van der Waals surface area contributed by atoms with E-state index in [1.807, 2.05) is 0 Å². The van der Waals surface area contributed by atoms with Crippen LogP contribution in [0.25, 0.3) is 17.2 Å². The molecule has 2 N–H and O–H groups in total. The fraction of sp³-hybridized carbons (Fsp3) is 0.182. The predicted molar refractivity (Wildman–Crippen MR) is 137 cm³/mol. The Balaban J connectivity index is 1.48. The lowest BCUT2D eigenvalue weighted by Crippen LogP contribution is -2.40. The number of anilines is 1. The number of carbonyl (C=O) groups excluding carboxylic acids is 1. The molecular formula is C22H21ClN4O5S3. The molecule has 1 aliphatic heterocycles. The lowest BCUT2D eigenvalue weighted by atomic mass is 10.1. The fourth-order valence-electron chi connectivity index (χ4n) is 3.58. The third-order valence-corrected chi connectivity index (χ3v) is 9.07. The van der Waals surface area contributed by atoms with Crippen LogP contribution in [0.15, 0.2) is 65.0 Å². The summed E-state index contributed by atoms with van der Waals surface area (Å²) in [6.45, 7) is 0.285. The van der Waals surface area contributed by atoms with Crippen LogP contribution >= 0.6 is 22.9 Å². The third-order valence-electron chi connectivity index (χ3n) is 5.30. The molecule has 1 amide bonds. The zero-order chi connectivity index (χ0) is 25.2. The van der Waals surface area contributed by atoms with E-state index in [1.54, 1.807) is 42.5 Å². The number of nitrogens with zero attached hydrogens (tertiary/aromatic N) is 2. The Kier molecular flexibility index (Phi) is 7.40. The Morgan fingerprint density at radius 1 is 1.11 bits per heavy atom. The molecule has 0 radical (unpaired) electrons. The molecule has 13 heteroatoms. The average Bonchev–Trinajstić information content (AvgIpc) is 3.43. The largest absolute Gasteiger partial charge is 0.295 e. The predicted octanol–water partition coefficient (Wildman–Crippen LogP) is 3.07. The molecule has 0 aliphatic carbocycles. The summed E-state index contributed by atoms with van der Waals surface area (Å²) in [5.41, 5.74) is 1.03. The molecule has 1 aromatic carbocycles. The summed E-state index contributed by atoms with van der Waals surface area (Å²) in [6.07, 6.45) is 3.19. The van der Waals surface area contributed by atoms with Gasteiger partial charge in [0.1, 0.15) is 11.9 Å². The Labute approximate surface area is 212 Å². The van der Waals surface area contributed by atoms with Gasteiger partial charge in [0.2, 0.25) is 26.0 Å². The van der Waals surface area contributed by atoms with Crippen molar-refractivity contribution >= 4 is 60.8 Å². The van der Waals surface area contributed by atoms with E-state index in [0.29, 0.717) is 26.2 Å². The number of thiophene rings is 1. The van der Waals surface area contributed by atoms with Crippen LogP contribution in [0.4, 0.5) is 5.82 Å². The van der Waals surface area contributed by atoms with Crippen molar-refractivity contribution in [1.29, 1.82) is 0 Å². The maximum atomic E-state index is 12.9. The summed E-state index contributed by atoms with van der Waals surface area (Å²) in [5, 5.41) is 1.01. The van der Waals surface area contributed by atoms with Crippen molar-refractivity contribution < 1.29 is 21.6 Å². The van der Waals surface area contributed by atoms with Gasteiger partial charge >= 0.3 is 0 Å². The lowest BCUT2D eigenvalue weighted by molar-refractivity contribution is -0.118. The number of nitrogens with one attached hydrogen (secondary N) is 2. The van der Waals surface area contributed by atoms with Gasteiger partial charge in [0.25, 0.3) is 0 Å². The van der Waals surface area contributed by atoms with Crippen molar-refractivity contribution in [2.45, 2.75) is 17.4 Å². The number of carbonyl (C=O) groups is 1. The second kappa shape index (κ2) is 10.2. The smallest absolute Gasteiger partial charge is 0.246 e. The monoisotopic (exact) mass is 552 g/mol. The van der Waals surface area contributed by atoms with Crippen LogP contribution < -0.4 is 14.3 Å². The molecule has 9 nitrogen and oxygen atoms in total. The molecule has 35 heavy (non-hydrogen) atoms. The molecule has 1 atom stereocenters. The van der Waals surface area contributed by atoms with Crippen molar-refractivity contribution in [1.82, 2.24) is 14.4 Å². The maximum absolute atomic E-state index is 12.9. The van der Waals surface area contributed by atoms with Gasteiger partial charge in [-0.15, -0.1) is 11.3 Å². The van der Waals surface area contributed by atoms with Gasteiger partial charge in [0, 0.05) is 34.2 Å². The Morgan fingerprint density at radius 2 is 1.89 bits per heavy atom. The molecule has 2 aromatic heterocycles. The molecule has 3 heterocycles. The van der Waals surface area contributed by atoms with Crippen LogP contribution in [0.2, 0.25) is 4.34 Å². The van der Waals surface area contributed by atoms with Crippen molar-refractivity contribution in [2.24, 2.45) is 0 Å². The molecular weight excluding hydrogens is 532 g/mol. The summed E-state index contributed by atoms with van der Waals surface area (Å²) in [4.78, 5) is 19.4. The number of aromatic nitrogens is 1. The molecule has 0 saturated carbocycles. The van der Waals surface area contributed by atoms with E-state index in [9.17, 15) is 21.6 Å². The third kappa shape index (κ3) is 5.80. The van der Waals surface area contributed by atoms with Gasteiger partial charge < -0.3 is 0 Å². The number of hydrogen-bond donors (Lipinski definition) is 2. The molecule has 0 spiro atoms. The minimum Gasteiger partial charge on any atom is -0.295 e. The maximum Gasteiger partial charge on any atom is 0.246 e. The van der Waals surface area contributed by atoms with Crippen molar-refractivity contribution in [3.8, 4) is 11.1 Å². The van der Waals surface area contributed by atoms with Gasteiger partial charge in [-0.25, -0.2) is 26.5 Å².